The Morgan fingerprint density at radius 3 is 2.62 bits per heavy atom. The van der Waals surface area contributed by atoms with E-state index in [-0.39, 0.29) is 18.1 Å². The number of thioether (sulfide) groups is 1. The van der Waals surface area contributed by atoms with Gasteiger partial charge in [0.05, 0.1) is 11.4 Å². The van der Waals surface area contributed by atoms with Crippen molar-refractivity contribution in [2.75, 3.05) is 11.1 Å². The van der Waals surface area contributed by atoms with Gasteiger partial charge in [0.2, 0.25) is 5.91 Å². The van der Waals surface area contributed by atoms with Crippen LogP contribution in [0.15, 0.2) is 81.5 Å². The van der Waals surface area contributed by atoms with Crippen molar-refractivity contribution in [3.8, 4) is 5.69 Å². The van der Waals surface area contributed by atoms with Crippen LogP contribution in [0.3, 0.4) is 0 Å². The van der Waals surface area contributed by atoms with Crippen LogP contribution in [-0.2, 0) is 11.2 Å². The average Bonchev–Trinajstić information content (AvgIpc) is 3.26. The quantitative estimate of drug-likeness (QED) is 0.285. The maximum atomic E-state index is 12.9. The summed E-state index contributed by atoms with van der Waals surface area (Å²) in [6.07, 6.45) is 0.183. The number of benzene rings is 3. The van der Waals surface area contributed by atoms with Gasteiger partial charge in [0.15, 0.2) is 5.16 Å². The SMILES string of the molecule is Cc1ccc(C)c(-n2c(Cc3cc(=O)[nH]c(=O)[nH]3)nnc2SCC(=O)Nc2cccc3ccccc23)c1. The van der Waals surface area contributed by atoms with E-state index < -0.39 is 11.2 Å². The van der Waals surface area contributed by atoms with Gasteiger partial charge in [-0.3, -0.25) is 19.1 Å². The van der Waals surface area contributed by atoms with Crippen LogP contribution < -0.4 is 16.6 Å². The molecule has 0 atom stereocenters. The van der Waals surface area contributed by atoms with E-state index >= 15 is 0 Å². The summed E-state index contributed by atoms with van der Waals surface area (Å²) in [5, 5.41) is 14.2. The molecular weight excluding hydrogens is 488 g/mol. The fourth-order valence-electron chi connectivity index (χ4n) is 4.15. The molecule has 2 heterocycles. The van der Waals surface area contributed by atoms with E-state index in [4.69, 9.17) is 0 Å². The van der Waals surface area contributed by atoms with Gasteiger partial charge in [0.1, 0.15) is 5.82 Å². The molecule has 37 heavy (non-hydrogen) atoms. The van der Waals surface area contributed by atoms with Gasteiger partial charge in [-0.1, -0.05) is 60.3 Å². The number of fused-ring (bicyclic) bond motifs is 1. The largest absolute Gasteiger partial charge is 0.325 e. The lowest BCUT2D eigenvalue weighted by molar-refractivity contribution is -0.113. The Balaban J connectivity index is 1.44. The van der Waals surface area contributed by atoms with Crippen molar-refractivity contribution in [1.29, 1.82) is 0 Å². The monoisotopic (exact) mass is 512 g/mol. The van der Waals surface area contributed by atoms with Gasteiger partial charge in [-0.25, -0.2) is 4.79 Å². The molecule has 0 aliphatic heterocycles. The van der Waals surface area contributed by atoms with E-state index in [9.17, 15) is 14.4 Å². The van der Waals surface area contributed by atoms with Crippen molar-refractivity contribution in [1.82, 2.24) is 24.7 Å². The number of carbonyl (C=O) groups excluding carboxylic acids is 1. The van der Waals surface area contributed by atoms with Gasteiger partial charge in [-0.2, -0.15) is 0 Å². The first-order chi connectivity index (χ1) is 17.9. The van der Waals surface area contributed by atoms with Gasteiger partial charge in [0.25, 0.3) is 5.56 Å². The van der Waals surface area contributed by atoms with Gasteiger partial charge >= 0.3 is 5.69 Å². The molecule has 2 aromatic heterocycles. The predicted molar refractivity (Wildman–Crippen MR) is 145 cm³/mol. The zero-order valence-corrected chi connectivity index (χ0v) is 21.1. The molecule has 0 fully saturated rings. The summed E-state index contributed by atoms with van der Waals surface area (Å²) in [4.78, 5) is 41.3. The number of H-pyrrole nitrogens is 2. The molecule has 9 nitrogen and oxygen atoms in total. The molecule has 3 N–H and O–H groups in total. The number of amides is 1. The minimum Gasteiger partial charge on any atom is -0.325 e. The molecular formula is C27H24N6O3S. The maximum Gasteiger partial charge on any atom is 0.325 e. The Labute approximate surface area is 216 Å². The summed E-state index contributed by atoms with van der Waals surface area (Å²) in [6.45, 7) is 3.97. The summed E-state index contributed by atoms with van der Waals surface area (Å²) in [5.41, 5.74) is 3.00. The van der Waals surface area contributed by atoms with Crippen molar-refractivity contribution in [3.05, 3.63) is 110 Å². The van der Waals surface area contributed by atoms with Crippen LogP contribution in [0.2, 0.25) is 0 Å². The highest BCUT2D eigenvalue weighted by molar-refractivity contribution is 7.99. The van der Waals surface area contributed by atoms with Crippen LogP contribution in [-0.4, -0.2) is 36.4 Å². The lowest BCUT2D eigenvalue weighted by Gasteiger charge is -2.14. The molecule has 0 radical (unpaired) electrons. The van der Waals surface area contributed by atoms with Crippen LogP contribution in [0.1, 0.15) is 22.6 Å². The van der Waals surface area contributed by atoms with E-state index in [0.717, 1.165) is 33.3 Å². The molecule has 5 aromatic rings. The molecule has 0 bridgehead atoms. The van der Waals surface area contributed by atoms with Crippen molar-refractivity contribution < 1.29 is 4.79 Å². The van der Waals surface area contributed by atoms with Gasteiger partial charge in [0, 0.05) is 29.3 Å². The number of nitrogens with one attached hydrogen (secondary N) is 3. The van der Waals surface area contributed by atoms with Crippen LogP contribution in [0.5, 0.6) is 0 Å². The molecule has 0 spiro atoms. The number of hydrogen-bond donors (Lipinski definition) is 3. The van der Waals surface area contributed by atoms with Gasteiger partial charge in [-0.15, -0.1) is 10.2 Å². The second-order valence-corrected chi connectivity index (χ2v) is 9.62. The average molecular weight is 513 g/mol. The second-order valence-electron chi connectivity index (χ2n) is 8.68. The Morgan fingerprint density at radius 2 is 1.78 bits per heavy atom. The minimum atomic E-state index is -0.583. The molecule has 0 unspecified atom stereocenters. The molecule has 3 aromatic carbocycles. The van der Waals surface area contributed by atoms with E-state index in [2.05, 4.69) is 25.5 Å². The molecule has 10 heteroatoms. The Kier molecular flexibility index (Phi) is 6.74. The van der Waals surface area contributed by atoms with Gasteiger partial charge in [-0.05, 0) is 42.5 Å². The first-order valence-corrected chi connectivity index (χ1v) is 12.6. The molecule has 0 saturated carbocycles. The fourth-order valence-corrected chi connectivity index (χ4v) is 4.91. The number of rotatable bonds is 7. The van der Waals surface area contributed by atoms with E-state index in [0.29, 0.717) is 16.7 Å². The van der Waals surface area contributed by atoms with Crippen LogP contribution >= 0.6 is 11.8 Å². The van der Waals surface area contributed by atoms with Crippen molar-refractivity contribution >= 4 is 34.1 Å². The smallest absolute Gasteiger partial charge is 0.325 e. The molecule has 5 rings (SSSR count). The van der Waals surface area contributed by atoms with Crippen molar-refractivity contribution in [3.63, 3.8) is 0 Å². The van der Waals surface area contributed by atoms with Crippen LogP contribution in [0.25, 0.3) is 16.5 Å². The molecule has 0 aliphatic rings. The number of carbonyl (C=O) groups is 1. The zero-order chi connectivity index (χ0) is 25.9. The van der Waals surface area contributed by atoms with Crippen LogP contribution in [0.4, 0.5) is 5.69 Å². The maximum absolute atomic E-state index is 12.9. The number of nitrogens with zero attached hydrogens (tertiary/aromatic N) is 3. The fraction of sp³-hybridized carbons (Fsp3) is 0.148. The number of aromatic nitrogens is 5. The zero-order valence-electron chi connectivity index (χ0n) is 20.2. The number of hydrogen-bond acceptors (Lipinski definition) is 6. The normalized spacial score (nSPS) is 11.1. The summed E-state index contributed by atoms with van der Waals surface area (Å²) in [5.74, 6) is 0.484. The van der Waals surface area contributed by atoms with Gasteiger partial charge < -0.3 is 10.3 Å². The third kappa shape index (κ3) is 5.39. The van der Waals surface area contributed by atoms with Crippen molar-refractivity contribution in [2.24, 2.45) is 0 Å². The molecule has 1 amide bonds. The number of aryl methyl sites for hydroxylation is 2. The highest BCUT2D eigenvalue weighted by atomic mass is 32.2. The van der Waals surface area contributed by atoms with E-state index in [1.165, 1.54) is 17.8 Å². The summed E-state index contributed by atoms with van der Waals surface area (Å²) in [6, 6.07) is 21.0. The minimum absolute atomic E-state index is 0.119. The van der Waals surface area contributed by atoms with E-state index in [1.807, 2.05) is 79.1 Å². The first kappa shape index (κ1) is 24.3. The number of anilines is 1. The third-order valence-corrected chi connectivity index (χ3v) is 6.80. The Morgan fingerprint density at radius 1 is 0.973 bits per heavy atom. The lowest BCUT2D eigenvalue weighted by atomic mass is 10.1. The lowest BCUT2D eigenvalue weighted by Crippen LogP contribution is -2.23. The van der Waals surface area contributed by atoms with E-state index in [1.54, 1.807) is 0 Å². The molecule has 0 saturated heterocycles. The third-order valence-electron chi connectivity index (χ3n) is 5.87. The first-order valence-electron chi connectivity index (χ1n) is 11.6. The second kappa shape index (κ2) is 10.3. The summed E-state index contributed by atoms with van der Waals surface area (Å²) >= 11 is 1.26. The highest BCUT2D eigenvalue weighted by Gasteiger charge is 2.19. The van der Waals surface area contributed by atoms with Crippen LogP contribution in [0, 0.1) is 13.8 Å². The standard InChI is InChI=1S/C27H24N6O3S/c1-16-10-11-17(2)22(12-16)33-23(13-19-14-24(34)30-26(36)28-19)31-32-27(33)37-15-25(35)29-21-9-5-7-18-6-3-4-8-20(18)21/h3-12,14H,13,15H2,1-2H3,(H,29,35)(H2,28,30,34,36). The Hall–Kier alpha value is -4.44. The predicted octanol–water partition coefficient (Wildman–Crippen LogP) is 3.74. The van der Waals surface area contributed by atoms with Crippen molar-refractivity contribution in [2.45, 2.75) is 25.4 Å². The summed E-state index contributed by atoms with van der Waals surface area (Å²) in [7, 11) is 0. The Bertz CT molecular complexity index is 1700. The highest BCUT2D eigenvalue weighted by Crippen LogP contribution is 2.27. The molecule has 0 aliphatic carbocycles. The number of aromatic amines is 2. The summed E-state index contributed by atoms with van der Waals surface area (Å²) < 4.78 is 1.87. The topological polar surface area (TPSA) is 126 Å². The molecule has 186 valence electrons.